The van der Waals surface area contributed by atoms with Crippen LogP contribution in [0, 0.1) is 5.92 Å². The summed E-state index contributed by atoms with van der Waals surface area (Å²) in [6.45, 7) is -0.534. The molecular formula is C22H23N3O7. The van der Waals surface area contributed by atoms with Gasteiger partial charge in [0, 0.05) is 17.7 Å². The summed E-state index contributed by atoms with van der Waals surface area (Å²) in [5.74, 6) is -2.14. The summed E-state index contributed by atoms with van der Waals surface area (Å²) in [6, 6.07) is 13.3. The lowest BCUT2D eigenvalue weighted by atomic mass is 10.1. The van der Waals surface area contributed by atoms with Crippen molar-refractivity contribution in [3.8, 4) is 11.5 Å². The number of nitrogens with one attached hydrogen (secondary N) is 2. The Hall–Kier alpha value is -4.08. The van der Waals surface area contributed by atoms with Crippen molar-refractivity contribution < 1.29 is 33.4 Å². The quantitative estimate of drug-likeness (QED) is 0.593. The fraction of sp³-hybridized carbons (Fsp3) is 0.273. The van der Waals surface area contributed by atoms with E-state index >= 15 is 0 Å². The maximum atomic E-state index is 12.5. The monoisotopic (exact) mass is 441 g/mol. The van der Waals surface area contributed by atoms with Gasteiger partial charge in [-0.2, -0.15) is 0 Å². The van der Waals surface area contributed by atoms with Crippen LogP contribution in [0.5, 0.6) is 11.5 Å². The molecule has 1 atom stereocenters. The summed E-state index contributed by atoms with van der Waals surface area (Å²) in [5, 5.41) is 3.66. The maximum absolute atomic E-state index is 12.5. The molecule has 10 nitrogen and oxygen atoms in total. The van der Waals surface area contributed by atoms with Gasteiger partial charge in [0.2, 0.25) is 5.91 Å². The van der Waals surface area contributed by atoms with E-state index in [-0.39, 0.29) is 18.5 Å². The topological polar surface area (TPSA) is 123 Å². The Balaban J connectivity index is 1.51. The number of hydrazine groups is 1. The molecule has 1 aliphatic heterocycles. The number of hydrogen-bond acceptors (Lipinski definition) is 7. The Kier molecular flexibility index (Phi) is 7.27. The third kappa shape index (κ3) is 5.54. The van der Waals surface area contributed by atoms with Crippen LogP contribution in [0.4, 0.5) is 5.69 Å². The van der Waals surface area contributed by atoms with Crippen molar-refractivity contribution in [1.82, 2.24) is 10.4 Å². The molecule has 0 aliphatic carbocycles. The molecule has 0 radical (unpaired) electrons. The lowest BCUT2D eigenvalue weighted by Gasteiger charge is -2.18. The molecule has 0 spiro atoms. The van der Waals surface area contributed by atoms with Crippen LogP contribution in [0.3, 0.4) is 0 Å². The van der Waals surface area contributed by atoms with Gasteiger partial charge in [0.05, 0.1) is 26.7 Å². The zero-order valence-electron chi connectivity index (χ0n) is 17.6. The van der Waals surface area contributed by atoms with Crippen molar-refractivity contribution in [2.45, 2.75) is 6.42 Å². The van der Waals surface area contributed by atoms with Crippen LogP contribution in [-0.4, -0.2) is 56.1 Å². The second kappa shape index (κ2) is 10.3. The predicted octanol–water partition coefficient (Wildman–Crippen LogP) is 1.38. The SMILES string of the molecule is COc1ccc(C(=O)NN2C[C@@H](C(=O)OCC(=O)Nc3ccccc3)CC2=O)cc1OC. The Bertz CT molecular complexity index is 1010. The first kappa shape index (κ1) is 22.6. The average molecular weight is 441 g/mol. The van der Waals surface area contributed by atoms with Crippen molar-refractivity contribution in [1.29, 1.82) is 0 Å². The number of anilines is 1. The summed E-state index contributed by atoms with van der Waals surface area (Å²) in [7, 11) is 2.92. The highest BCUT2D eigenvalue weighted by Gasteiger charge is 2.36. The molecule has 10 heteroatoms. The molecule has 0 saturated carbocycles. The number of rotatable bonds is 8. The second-order valence-electron chi connectivity index (χ2n) is 6.94. The lowest BCUT2D eigenvalue weighted by molar-refractivity contribution is -0.151. The molecule has 1 aliphatic rings. The minimum Gasteiger partial charge on any atom is -0.493 e. The van der Waals surface area contributed by atoms with Gasteiger partial charge >= 0.3 is 5.97 Å². The molecule has 2 aromatic rings. The zero-order chi connectivity index (χ0) is 23.1. The van der Waals surface area contributed by atoms with Crippen LogP contribution < -0.4 is 20.2 Å². The summed E-state index contributed by atoms with van der Waals surface area (Å²) in [5.41, 5.74) is 3.30. The van der Waals surface area contributed by atoms with Crippen LogP contribution in [0.1, 0.15) is 16.8 Å². The molecule has 1 heterocycles. The minimum atomic E-state index is -0.794. The van der Waals surface area contributed by atoms with E-state index in [2.05, 4.69) is 10.7 Å². The standard InChI is InChI=1S/C22H23N3O7/c1-30-17-9-8-14(10-18(17)31-2)21(28)24-25-12-15(11-20(25)27)22(29)32-13-19(26)23-16-6-4-3-5-7-16/h3-10,15H,11-13H2,1-2H3,(H,23,26)(H,24,28)/t15-/m0/s1. The smallest absolute Gasteiger partial charge is 0.311 e. The van der Waals surface area contributed by atoms with Crippen LogP contribution in [-0.2, 0) is 19.1 Å². The highest BCUT2D eigenvalue weighted by Crippen LogP contribution is 2.27. The van der Waals surface area contributed by atoms with Gasteiger partial charge in [0.15, 0.2) is 18.1 Å². The normalized spacial score (nSPS) is 15.1. The molecular weight excluding hydrogens is 418 g/mol. The number of para-hydroxylation sites is 1. The molecule has 0 bridgehead atoms. The molecule has 1 saturated heterocycles. The molecule has 0 aromatic heterocycles. The van der Waals surface area contributed by atoms with Gasteiger partial charge in [0.1, 0.15) is 0 Å². The lowest BCUT2D eigenvalue weighted by Crippen LogP contribution is -2.43. The summed E-state index contributed by atoms with van der Waals surface area (Å²) < 4.78 is 15.3. The number of hydrogen-bond donors (Lipinski definition) is 2. The second-order valence-corrected chi connectivity index (χ2v) is 6.94. The summed E-state index contributed by atoms with van der Waals surface area (Å²) >= 11 is 0. The fourth-order valence-electron chi connectivity index (χ4n) is 3.11. The first-order valence-electron chi connectivity index (χ1n) is 9.76. The number of amides is 3. The van der Waals surface area contributed by atoms with E-state index in [9.17, 15) is 19.2 Å². The highest BCUT2D eigenvalue weighted by atomic mass is 16.5. The number of carbonyl (C=O) groups is 4. The number of nitrogens with zero attached hydrogens (tertiary/aromatic N) is 1. The minimum absolute atomic E-state index is 0.0585. The number of benzene rings is 2. The van der Waals surface area contributed by atoms with Gasteiger partial charge in [-0.15, -0.1) is 0 Å². The van der Waals surface area contributed by atoms with E-state index < -0.39 is 36.2 Å². The average Bonchev–Trinajstić information content (AvgIpc) is 3.17. The van der Waals surface area contributed by atoms with Crippen LogP contribution in [0.15, 0.2) is 48.5 Å². The third-order valence-electron chi connectivity index (χ3n) is 4.74. The molecule has 3 rings (SSSR count). The third-order valence-corrected chi connectivity index (χ3v) is 4.74. The van der Waals surface area contributed by atoms with Crippen molar-refractivity contribution in [3.05, 3.63) is 54.1 Å². The van der Waals surface area contributed by atoms with Gasteiger partial charge in [-0.3, -0.25) is 29.6 Å². The molecule has 0 unspecified atom stereocenters. The zero-order valence-corrected chi connectivity index (χ0v) is 17.6. The summed E-state index contributed by atoms with van der Waals surface area (Å²) in [6.07, 6.45) is -0.134. The van der Waals surface area contributed by atoms with E-state index in [1.54, 1.807) is 30.3 Å². The van der Waals surface area contributed by atoms with Crippen LogP contribution in [0.2, 0.25) is 0 Å². The molecule has 3 amide bonds. The van der Waals surface area contributed by atoms with E-state index in [1.165, 1.54) is 26.4 Å². The Morgan fingerprint density at radius 3 is 2.44 bits per heavy atom. The van der Waals surface area contributed by atoms with E-state index in [0.717, 1.165) is 5.01 Å². The van der Waals surface area contributed by atoms with E-state index in [1.807, 2.05) is 6.07 Å². The fourth-order valence-corrected chi connectivity index (χ4v) is 3.11. The van der Waals surface area contributed by atoms with Gasteiger partial charge < -0.3 is 19.5 Å². The molecule has 2 N–H and O–H groups in total. The van der Waals surface area contributed by atoms with Gasteiger partial charge in [-0.05, 0) is 30.3 Å². The Morgan fingerprint density at radius 2 is 1.75 bits per heavy atom. The van der Waals surface area contributed by atoms with Crippen molar-refractivity contribution in [2.75, 3.05) is 32.7 Å². The van der Waals surface area contributed by atoms with Gasteiger partial charge in [0.25, 0.3) is 11.8 Å². The van der Waals surface area contributed by atoms with Crippen molar-refractivity contribution in [3.63, 3.8) is 0 Å². The van der Waals surface area contributed by atoms with Gasteiger partial charge in [-0.25, -0.2) is 0 Å². The predicted molar refractivity (Wildman–Crippen MR) is 113 cm³/mol. The molecule has 2 aromatic carbocycles. The van der Waals surface area contributed by atoms with E-state index in [4.69, 9.17) is 14.2 Å². The highest BCUT2D eigenvalue weighted by molar-refractivity contribution is 5.97. The Labute approximate surface area is 184 Å². The number of esters is 1. The number of ether oxygens (including phenoxy) is 3. The molecule has 168 valence electrons. The van der Waals surface area contributed by atoms with E-state index in [0.29, 0.717) is 17.2 Å². The molecule has 32 heavy (non-hydrogen) atoms. The van der Waals surface area contributed by atoms with Crippen molar-refractivity contribution >= 4 is 29.4 Å². The number of carbonyl (C=O) groups excluding carboxylic acids is 4. The largest absolute Gasteiger partial charge is 0.493 e. The summed E-state index contributed by atoms with van der Waals surface area (Å²) in [4.78, 5) is 48.9. The maximum Gasteiger partial charge on any atom is 0.311 e. The Morgan fingerprint density at radius 1 is 1.03 bits per heavy atom. The number of methoxy groups -OCH3 is 2. The van der Waals surface area contributed by atoms with Crippen LogP contribution in [0.25, 0.3) is 0 Å². The first-order valence-corrected chi connectivity index (χ1v) is 9.76. The first-order chi connectivity index (χ1) is 15.4. The van der Waals surface area contributed by atoms with Crippen LogP contribution >= 0.6 is 0 Å². The van der Waals surface area contributed by atoms with Gasteiger partial charge in [-0.1, -0.05) is 18.2 Å². The molecule has 1 fully saturated rings. The van der Waals surface area contributed by atoms with Crippen molar-refractivity contribution in [2.24, 2.45) is 5.92 Å².